The van der Waals surface area contributed by atoms with Crippen molar-refractivity contribution in [3.05, 3.63) is 70.7 Å². The van der Waals surface area contributed by atoms with E-state index in [9.17, 15) is 9.59 Å². The van der Waals surface area contributed by atoms with Gasteiger partial charge in [-0.1, -0.05) is 48.0 Å². The van der Waals surface area contributed by atoms with Gasteiger partial charge in [-0.05, 0) is 36.6 Å². The van der Waals surface area contributed by atoms with Crippen LogP contribution in [0.25, 0.3) is 0 Å². The number of piperidine rings is 1. The predicted octanol–water partition coefficient (Wildman–Crippen LogP) is 3.60. The van der Waals surface area contributed by atoms with Gasteiger partial charge in [0.2, 0.25) is 5.91 Å². The van der Waals surface area contributed by atoms with Crippen molar-refractivity contribution >= 4 is 23.4 Å². The molecule has 2 aromatic carbocycles. The molecule has 3 heterocycles. The summed E-state index contributed by atoms with van der Waals surface area (Å²) < 4.78 is 0. The van der Waals surface area contributed by atoms with Gasteiger partial charge >= 0.3 is 0 Å². The zero-order valence-electron chi connectivity index (χ0n) is 14.5. The largest absolute Gasteiger partial charge is 0.336 e. The summed E-state index contributed by atoms with van der Waals surface area (Å²) in [5.41, 5.74) is 1.71. The van der Waals surface area contributed by atoms with Crippen molar-refractivity contribution < 1.29 is 9.59 Å². The van der Waals surface area contributed by atoms with Crippen molar-refractivity contribution in [1.29, 1.82) is 0 Å². The van der Waals surface area contributed by atoms with Crippen LogP contribution in [-0.2, 0) is 11.3 Å². The van der Waals surface area contributed by atoms with Crippen LogP contribution < -0.4 is 0 Å². The second-order valence-corrected chi connectivity index (χ2v) is 7.54. The van der Waals surface area contributed by atoms with Gasteiger partial charge in [0.05, 0.1) is 5.92 Å². The van der Waals surface area contributed by atoms with Gasteiger partial charge in [-0.3, -0.25) is 9.59 Å². The molecule has 0 aliphatic carbocycles. The SMILES string of the molecule is O=C(c1cccc(Cl)c1)N1C[C@@H]2CC[C@H](C1)N(Cc1ccccc1)C2=O. The lowest BCUT2D eigenvalue weighted by atomic mass is 9.93. The molecule has 0 N–H and O–H groups in total. The highest BCUT2D eigenvalue weighted by atomic mass is 35.5. The predicted molar refractivity (Wildman–Crippen MR) is 101 cm³/mol. The highest BCUT2D eigenvalue weighted by molar-refractivity contribution is 6.30. The monoisotopic (exact) mass is 368 g/mol. The first-order chi connectivity index (χ1) is 12.6. The number of amides is 2. The Hall–Kier alpha value is -2.33. The van der Waals surface area contributed by atoms with E-state index in [1.54, 1.807) is 24.3 Å². The average molecular weight is 369 g/mol. The highest BCUT2D eigenvalue weighted by Gasteiger charge is 2.41. The number of carbonyl (C=O) groups is 2. The molecule has 3 aliphatic heterocycles. The number of halogens is 1. The van der Waals surface area contributed by atoms with E-state index in [1.165, 1.54) is 0 Å². The number of carbonyl (C=O) groups excluding carboxylic acids is 2. The Labute approximate surface area is 158 Å². The summed E-state index contributed by atoms with van der Waals surface area (Å²) >= 11 is 6.03. The normalized spacial score (nSPS) is 22.4. The third kappa shape index (κ3) is 3.34. The van der Waals surface area contributed by atoms with Gasteiger partial charge in [-0.2, -0.15) is 0 Å². The van der Waals surface area contributed by atoms with Gasteiger partial charge in [0.15, 0.2) is 0 Å². The van der Waals surface area contributed by atoms with Crippen LogP contribution >= 0.6 is 11.6 Å². The number of rotatable bonds is 3. The van der Waals surface area contributed by atoms with Gasteiger partial charge < -0.3 is 9.80 Å². The van der Waals surface area contributed by atoms with Crippen molar-refractivity contribution in [2.45, 2.75) is 25.4 Å². The number of benzene rings is 2. The summed E-state index contributed by atoms with van der Waals surface area (Å²) in [5, 5.41) is 0.551. The second kappa shape index (κ2) is 7.12. The maximum absolute atomic E-state index is 12.9. The molecule has 2 atom stereocenters. The molecule has 3 aliphatic rings. The van der Waals surface area contributed by atoms with Gasteiger partial charge in [-0.25, -0.2) is 0 Å². The van der Waals surface area contributed by atoms with E-state index in [0.29, 0.717) is 30.2 Å². The Kier molecular flexibility index (Phi) is 4.68. The number of hydrogen-bond acceptors (Lipinski definition) is 2. The minimum absolute atomic E-state index is 0.0428. The van der Waals surface area contributed by atoms with E-state index in [-0.39, 0.29) is 23.8 Å². The molecule has 0 saturated carbocycles. The fourth-order valence-corrected chi connectivity index (χ4v) is 4.19. The van der Waals surface area contributed by atoms with Crippen LogP contribution in [0.2, 0.25) is 5.02 Å². The third-order valence-corrected chi connectivity index (χ3v) is 5.58. The molecule has 3 fully saturated rings. The molecule has 2 aromatic rings. The molecule has 5 heteroatoms. The smallest absolute Gasteiger partial charge is 0.253 e. The molecule has 0 spiro atoms. The first-order valence-corrected chi connectivity index (χ1v) is 9.39. The van der Waals surface area contributed by atoms with Gasteiger partial charge in [0, 0.05) is 36.3 Å². The molecule has 134 valence electrons. The lowest BCUT2D eigenvalue weighted by Gasteiger charge is -2.36. The second-order valence-electron chi connectivity index (χ2n) is 7.10. The summed E-state index contributed by atoms with van der Waals surface area (Å²) in [6.07, 6.45) is 1.80. The first kappa shape index (κ1) is 17.1. The van der Waals surface area contributed by atoms with Crippen LogP contribution in [0.4, 0.5) is 0 Å². The molecule has 26 heavy (non-hydrogen) atoms. The lowest BCUT2D eigenvalue weighted by Crippen LogP contribution is -2.47. The van der Waals surface area contributed by atoms with E-state index < -0.39 is 0 Å². The van der Waals surface area contributed by atoms with Crippen molar-refractivity contribution in [3.63, 3.8) is 0 Å². The zero-order valence-corrected chi connectivity index (χ0v) is 15.2. The highest BCUT2D eigenvalue weighted by Crippen LogP contribution is 2.31. The van der Waals surface area contributed by atoms with Crippen LogP contribution in [0.1, 0.15) is 28.8 Å². The fourth-order valence-electron chi connectivity index (χ4n) is 4.00. The molecule has 0 unspecified atom stereocenters. The Morgan fingerprint density at radius 2 is 1.85 bits per heavy atom. The number of nitrogens with zero attached hydrogens (tertiary/aromatic N) is 2. The molecule has 3 saturated heterocycles. The molecular formula is C21H21ClN2O2. The van der Waals surface area contributed by atoms with E-state index in [0.717, 1.165) is 18.4 Å². The van der Waals surface area contributed by atoms with Crippen molar-refractivity contribution in [2.24, 2.45) is 5.92 Å². The molecular weight excluding hydrogens is 348 g/mol. The van der Waals surface area contributed by atoms with E-state index >= 15 is 0 Å². The van der Waals surface area contributed by atoms with Crippen molar-refractivity contribution in [1.82, 2.24) is 9.80 Å². The molecule has 2 amide bonds. The van der Waals surface area contributed by atoms with Crippen molar-refractivity contribution in [2.75, 3.05) is 13.1 Å². The van der Waals surface area contributed by atoms with E-state index in [2.05, 4.69) is 0 Å². The van der Waals surface area contributed by atoms with Crippen LogP contribution in [0, 0.1) is 5.92 Å². The number of fused-ring (bicyclic) bond motifs is 4. The van der Waals surface area contributed by atoms with Crippen LogP contribution in [0.15, 0.2) is 54.6 Å². The van der Waals surface area contributed by atoms with Crippen LogP contribution in [-0.4, -0.2) is 40.7 Å². The van der Waals surface area contributed by atoms with Crippen molar-refractivity contribution in [3.8, 4) is 0 Å². The molecule has 5 rings (SSSR count). The maximum atomic E-state index is 12.9. The minimum Gasteiger partial charge on any atom is -0.336 e. The van der Waals surface area contributed by atoms with Gasteiger partial charge in [0.25, 0.3) is 5.91 Å². The van der Waals surface area contributed by atoms with Gasteiger partial charge in [0.1, 0.15) is 0 Å². The Morgan fingerprint density at radius 3 is 2.62 bits per heavy atom. The molecule has 4 nitrogen and oxygen atoms in total. The maximum Gasteiger partial charge on any atom is 0.253 e. The quantitative estimate of drug-likeness (QED) is 0.830. The Morgan fingerprint density at radius 1 is 1.04 bits per heavy atom. The third-order valence-electron chi connectivity index (χ3n) is 5.35. The Balaban J connectivity index is 1.56. The molecule has 0 radical (unpaired) electrons. The van der Waals surface area contributed by atoms with E-state index in [1.807, 2.05) is 40.1 Å². The summed E-state index contributed by atoms with van der Waals surface area (Å²) in [5.74, 6) is 0.0193. The first-order valence-electron chi connectivity index (χ1n) is 9.01. The summed E-state index contributed by atoms with van der Waals surface area (Å²) in [6, 6.07) is 17.1. The molecule has 0 aromatic heterocycles. The van der Waals surface area contributed by atoms with Crippen LogP contribution in [0.3, 0.4) is 0 Å². The standard InChI is InChI=1S/C21H21ClN2O2/c22-18-8-4-7-16(11-18)20(25)23-13-17-9-10-19(14-23)24(21(17)26)12-15-5-2-1-3-6-15/h1-8,11,17,19H,9-10,12-14H2/t17-,19+/m0/s1. The van der Waals surface area contributed by atoms with Gasteiger partial charge in [-0.15, -0.1) is 0 Å². The fraction of sp³-hybridized carbons (Fsp3) is 0.333. The Bertz CT molecular complexity index is 824. The molecule has 2 bridgehead atoms. The average Bonchev–Trinajstić information content (AvgIpc) is 2.95. The van der Waals surface area contributed by atoms with E-state index in [4.69, 9.17) is 11.6 Å². The number of hydrogen-bond donors (Lipinski definition) is 0. The summed E-state index contributed by atoms with van der Waals surface area (Å²) in [7, 11) is 0. The van der Waals surface area contributed by atoms with Crippen LogP contribution in [0.5, 0.6) is 0 Å². The zero-order chi connectivity index (χ0) is 18.1. The summed E-state index contributed by atoms with van der Waals surface area (Å²) in [6.45, 7) is 1.69. The topological polar surface area (TPSA) is 40.6 Å². The minimum atomic E-state index is -0.111. The summed E-state index contributed by atoms with van der Waals surface area (Å²) in [4.78, 5) is 29.7. The lowest BCUT2D eigenvalue weighted by molar-refractivity contribution is -0.140.